The summed E-state index contributed by atoms with van der Waals surface area (Å²) in [6, 6.07) is 10.1. The Morgan fingerprint density at radius 2 is 1.67 bits per heavy atom. The van der Waals surface area contributed by atoms with E-state index in [-0.39, 0.29) is 48.2 Å². The van der Waals surface area contributed by atoms with E-state index >= 15 is 0 Å². The third-order valence-electron chi connectivity index (χ3n) is 12.7. The van der Waals surface area contributed by atoms with E-state index in [0.717, 1.165) is 81.0 Å². The van der Waals surface area contributed by atoms with Crippen molar-refractivity contribution in [2.45, 2.75) is 51.0 Å². The van der Waals surface area contributed by atoms with Gasteiger partial charge >= 0.3 is 6.03 Å². The van der Waals surface area contributed by atoms with Crippen molar-refractivity contribution in [2.24, 2.45) is 18.4 Å². The number of hydrogen-bond acceptors (Lipinski definition) is 11. The second-order valence-electron chi connectivity index (χ2n) is 16.5. The number of carbonyl (C=O) groups is 4. The van der Waals surface area contributed by atoms with E-state index in [4.69, 9.17) is 9.47 Å². The van der Waals surface area contributed by atoms with Crippen LogP contribution in [0.1, 0.15) is 59.0 Å². The predicted molar refractivity (Wildman–Crippen MR) is 214 cm³/mol. The van der Waals surface area contributed by atoms with Crippen molar-refractivity contribution in [3.8, 4) is 22.6 Å². The molecular weight excluding hydrogens is 745 g/mol. The molecule has 0 aliphatic carbocycles. The number of ether oxygens (including phenoxy) is 2. The highest BCUT2D eigenvalue weighted by Gasteiger charge is 2.47. The Morgan fingerprint density at radius 1 is 0.966 bits per heavy atom. The van der Waals surface area contributed by atoms with Crippen molar-refractivity contribution in [2.75, 3.05) is 72.0 Å². The first-order valence-corrected chi connectivity index (χ1v) is 20.0. The maximum Gasteiger partial charge on any atom is 0.314 e. The van der Waals surface area contributed by atoms with Crippen LogP contribution in [0.15, 0.2) is 47.4 Å². The SMILES string of the molecule is CNC(=O)NCc1cc(-c2cc(OC)c(CN3CC(CN4CCC5(CC4)CN(c4ccc6c(c4)C(O)N(C4CCC(=O)NC4=O)C6=O)C5)C3)c(OC)c2)cn(C)c1=O. The molecule has 4 saturated heterocycles. The summed E-state index contributed by atoms with van der Waals surface area (Å²) in [7, 11) is 6.53. The van der Waals surface area contributed by atoms with Crippen LogP contribution in [0, 0.1) is 11.3 Å². The largest absolute Gasteiger partial charge is 0.496 e. The number of likely N-dealkylation sites (tertiary alicyclic amines) is 2. The number of amides is 5. The number of nitrogens with one attached hydrogen (secondary N) is 3. The number of fused-ring (bicyclic) bond motifs is 1. The molecule has 308 valence electrons. The molecule has 6 heterocycles. The van der Waals surface area contributed by atoms with Crippen molar-refractivity contribution in [3.05, 3.63) is 75.2 Å². The van der Waals surface area contributed by atoms with Crippen molar-refractivity contribution in [1.82, 2.24) is 35.2 Å². The Balaban J connectivity index is 0.824. The summed E-state index contributed by atoms with van der Waals surface area (Å²) in [5, 5.41) is 18.6. The Labute approximate surface area is 337 Å². The number of aliphatic hydroxyl groups is 1. The molecule has 5 aliphatic rings. The summed E-state index contributed by atoms with van der Waals surface area (Å²) >= 11 is 0. The zero-order valence-electron chi connectivity index (χ0n) is 33.5. The summed E-state index contributed by atoms with van der Waals surface area (Å²) in [4.78, 5) is 70.4. The Morgan fingerprint density at radius 3 is 2.33 bits per heavy atom. The van der Waals surface area contributed by atoms with E-state index < -0.39 is 18.2 Å². The minimum Gasteiger partial charge on any atom is -0.496 e. The lowest BCUT2D eigenvalue weighted by molar-refractivity contribution is -0.139. The first-order chi connectivity index (χ1) is 27.9. The molecule has 1 spiro atoms. The van der Waals surface area contributed by atoms with E-state index in [1.165, 1.54) is 16.5 Å². The number of hydrogen-bond donors (Lipinski definition) is 4. The standard InChI is InChI=1S/C42H52N8O8/c1-43-41(56)44-17-27-13-28(21-46(2)38(27)53)26-14-34(57-3)32(35(15-26)58-4)22-48-19-25(20-48)18-47-11-9-42(10-12-47)23-49(24-42)29-5-6-30-31(16-29)40(55)50(39(30)54)33-7-8-36(51)45-37(33)52/h5-6,13-16,21,25,33,40,55H,7-12,17-20,22-24H2,1-4H3,(H2,43,44,56)(H,45,51,52). The van der Waals surface area contributed by atoms with Crippen molar-refractivity contribution >= 4 is 29.4 Å². The Bertz CT molecular complexity index is 2160. The number of nitrogens with zero attached hydrogens (tertiary/aromatic N) is 5. The van der Waals surface area contributed by atoms with Gasteiger partial charge in [-0.15, -0.1) is 0 Å². The molecule has 3 aromatic rings. The maximum absolute atomic E-state index is 13.2. The highest BCUT2D eigenvalue weighted by molar-refractivity contribution is 6.06. The minimum atomic E-state index is -1.23. The number of urea groups is 1. The highest BCUT2D eigenvalue weighted by Crippen LogP contribution is 2.45. The summed E-state index contributed by atoms with van der Waals surface area (Å²) in [5.41, 5.74) is 5.04. The number of aryl methyl sites for hydroxylation is 1. The molecule has 5 amide bonds. The highest BCUT2D eigenvalue weighted by atomic mass is 16.5. The summed E-state index contributed by atoms with van der Waals surface area (Å²) in [6.07, 6.45) is 3.12. The third-order valence-corrected chi connectivity index (χ3v) is 12.7. The number of rotatable bonds is 11. The smallest absolute Gasteiger partial charge is 0.314 e. The van der Waals surface area contributed by atoms with Gasteiger partial charge in [0.05, 0.1) is 19.8 Å². The quantitative estimate of drug-likeness (QED) is 0.208. The molecule has 16 nitrogen and oxygen atoms in total. The zero-order chi connectivity index (χ0) is 40.9. The van der Waals surface area contributed by atoms with Gasteiger partial charge in [-0.25, -0.2) is 4.79 Å². The maximum atomic E-state index is 13.2. The van der Waals surface area contributed by atoms with Crippen LogP contribution in [0.2, 0.25) is 0 Å². The van der Waals surface area contributed by atoms with Crippen LogP contribution < -0.4 is 35.9 Å². The molecule has 8 rings (SSSR count). The number of aliphatic hydroxyl groups excluding tert-OH is 1. The molecule has 58 heavy (non-hydrogen) atoms. The van der Waals surface area contributed by atoms with Crippen LogP contribution in [-0.2, 0) is 29.7 Å². The molecule has 16 heteroatoms. The van der Waals surface area contributed by atoms with Gasteiger partial charge in [0.25, 0.3) is 11.5 Å². The number of carbonyl (C=O) groups excluding carboxylic acids is 4. The van der Waals surface area contributed by atoms with Crippen LogP contribution in [-0.4, -0.2) is 121 Å². The van der Waals surface area contributed by atoms with Gasteiger partial charge in [-0.1, -0.05) is 0 Å². The topological polar surface area (TPSA) is 178 Å². The van der Waals surface area contributed by atoms with E-state index in [9.17, 15) is 29.1 Å². The molecule has 4 fully saturated rings. The fraction of sp³-hybridized carbons (Fsp3) is 0.500. The second-order valence-corrected chi connectivity index (χ2v) is 16.5. The van der Waals surface area contributed by atoms with Gasteiger partial charge in [0.2, 0.25) is 11.8 Å². The number of aromatic nitrogens is 1. The number of anilines is 1. The van der Waals surface area contributed by atoms with Crippen LogP contribution in [0.3, 0.4) is 0 Å². The Kier molecular flexibility index (Phi) is 10.7. The molecule has 2 atom stereocenters. The van der Waals surface area contributed by atoms with Gasteiger partial charge in [0, 0.05) is 100 Å². The molecule has 5 aliphatic heterocycles. The average Bonchev–Trinajstić information content (AvgIpc) is 3.44. The van der Waals surface area contributed by atoms with Gasteiger partial charge in [-0.2, -0.15) is 0 Å². The Hall–Kier alpha value is -5.45. The summed E-state index contributed by atoms with van der Waals surface area (Å²) < 4.78 is 13.3. The molecule has 0 radical (unpaired) electrons. The van der Waals surface area contributed by atoms with Gasteiger partial charge in [-0.3, -0.25) is 34.3 Å². The van der Waals surface area contributed by atoms with Gasteiger partial charge in [-0.05, 0) is 85.8 Å². The summed E-state index contributed by atoms with van der Waals surface area (Å²) in [6.45, 7) is 7.80. The number of pyridine rings is 1. The first kappa shape index (κ1) is 39.4. The number of methoxy groups -OCH3 is 2. The average molecular weight is 797 g/mol. The fourth-order valence-corrected chi connectivity index (χ4v) is 9.43. The van der Waals surface area contributed by atoms with Gasteiger partial charge < -0.3 is 39.6 Å². The monoisotopic (exact) mass is 796 g/mol. The van der Waals surface area contributed by atoms with Crippen LogP contribution >= 0.6 is 0 Å². The molecular formula is C42H52N8O8. The molecule has 1 aromatic heterocycles. The normalized spacial score (nSPS) is 22.0. The molecule has 4 N–H and O–H groups in total. The fourth-order valence-electron chi connectivity index (χ4n) is 9.43. The van der Waals surface area contributed by atoms with Gasteiger partial charge in [0.1, 0.15) is 17.5 Å². The van der Waals surface area contributed by atoms with E-state index in [1.54, 1.807) is 39.6 Å². The lowest BCUT2D eigenvalue weighted by atomic mass is 9.71. The lowest BCUT2D eigenvalue weighted by Gasteiger charge is -2.55. The van der Waals surface area contributed by atoms with E-state index in [0.29, 0.717) is 40.7 Å². The zero-order valence-corrected chi connectivity index (χ0v) is 33.5. The predicted octanol–water partition coefficient (Wildman–Crippen LogP) is 1.78. The van der Waals surface area contributed by atoms with Crippen LogP contribution in [0.5, 0.6) is 11.5 Å². The molecule has 2 aromatic carbocycles. The van der Waals surface area contributed by atoms with Crippen molar-refractivity contribution < 1.29 is 33.8 Å². The van der Waals surface area contributed by atoms with E-state index in [2.05, 4.69) is 30.7 Å². The minimum absolute atomic E-state index is 0.101. The van der Waals surface area contributed by atoms with Crippen LogP contribution in [0.25, 0.3) is 11.1 Å². The first-order valence-electron chi connectivity index (χ1n) is 20.0. The number of benzene rings is 2. The number of imide groups is 1. The third kappa shape index (κ3) is 7.39. The molecule has 0 bridgehead atoms. The number of piperidine rings is 2. The molecule has 2 unspecified atom stereocenters. The van der Waals surface area contributed by atoms with Crippen LogP contribution in [0.4, 0.5) is 10.5 Å². The summed E-state index contributed by atoms with van der Waals surface area (Å²) in [5.74, 6) is 0.716. The van der Waals surface area contributed by atoms with E-state index in [1.807, 2.05) is 24.3 Å². The molecule has 0 saturated carbocycles. The lowest BCUT2D eigenvalue weighted by Crippen LogP contribution is -2.61. The van der Waals surface area contributed by atoms with Gasteiger partial charge in [0.15, 0.2) is 6.23 Å². The van der Waals surface area contributed by atoms with Crippen molar-refractivity contribution in [3.63, 3.8) is 0 Å². The second kappa shape index (κ2) is 15.7. The van der Waals surface area contributed by atoms with Crippen molar-refractivity contribution in [1.29, 1.82) is 0 Å².